The highest BCUT2D eigenvalue weighted by molar-refractivity contribution is 5.50. The summed E-state index contributed by atoms with van der Waals surface area (Å²) in [5, 5.41) is 3.25. The van der Waals surface area contributed by atoms with E-state index >= 15 is 0 Å². The summed E-state index contributed by atoms with van der Waals surface area (Å²) in [6, 6.07) is 4.81. The molecule has 0 spiro atoms. The fraction of sp³-hybridized carbons (Fsp3) is 0.600. The average molecular weight is 271 g/mol. The molecule has 1 aromatic rings. The van der Waals surface area contributed by atoms with Crippen LogP contribution in [0.3, 0.4) is 0 Å². The van der Waals surface area contributed by atoms with Crippen molar-refractivity contribution in [2.75, 3.05) is 5.32 Å². The molecule has 1 aliphatic rings. The van der Waals surface area contributed by atoms with E-state index in [1.807, 2.05) is 0 Å². The molecule has 1 aromatic carbocycles. The molecule has 1 fully saturated rings. The van der Waals surface area contributed by atoms with Gasteiger partial charge in [0.1, 0.15) is 0 Å². The Morgan fingerprint density at radius 3 is 2.58 bits per heavy atom. The van der Waals surface area contributed by atoms with Crippen molar-refractivity contribution in [3.8, 4) is 0 Å². The van der Waals surface area contributed by atoms with Crippen LogP contribution in [0.25, 0.3) is 0 Å². The van der Waals surface area contributed by atoms with Gasteiger partial charge < -0.3 is 5.32 Å². The van der Waals surface area contributed by atoms with Crippen molar-refractivity contribution in [3.63, 3.8) is 0 Å². The third-order valence-corrected chi connectivity index (χ3v) is 3.85. The van der Waals surface area contributed by atoms with Crippen molar-refractivity contribution in [3.05, 3.63) is 29.3 Å². The predicted molar refractivity (Wildman–Crippen MR) is 71.2 cm³/mol. The standard InChI is InChI=1S/C15H20F3N/c1-10-4-3-5-12(8-10)19-13-7-6-11(2)14(9-13)15(16,17)18/h6-7,9-10,12,19H,3-5,8H2,1-2H3. The normalized spacial score (nSPS) is 24.3. The molecule has 2 unspecified atom stereocenters. The van der Waals surface area contributed by atoms with Crippen LogP contribution in [0.5, 0.6) is 0 Å². The number of nitrogens with one attached hydrogen (secondary N) is 1. The number of aryl methyl sites for hydroxylation is 1. The summed E-state index contributed by atoms with van der Waals surface area (Å²) in [4.78, 5) is 0. The zero-order valence-corrected chi connectivity index (χ0v) is 11.3. The summed E-state index contributed by atoms with van der Waals surface area (Å²) in [5.74, 6) is 0.652. The minimum atomic E-state index is -4.28. The number of halogens is 3. The van der Waals surface area contributed by atoms with Crippen molar-refractivity contribution >= 4 is 5.69 Å². The van der Waals surface area contributed by atoms with Crippen LogP contribution in [0.4, 0.5) is 18.9 Å². The topological polar surface area (TPSA) is 12.0 Å². The van der Waals surface area contributed by atoms with E-state index in [-0.39, 0.29) is 5.56 Å². The monoisotopic (exact) mass is 271 g/mol. The van der Waals surface area contributed by atoms with Gasteiger partial charge in [0, 0.05) is 11.7 Å². The van der Waals surface area contributed by atoms with Crippen LogP contribution in [-0.4, -0.2) is 6.04 Å². The Labute approximate surface area is 112 Å². The van der Waals surface area contributed by atoms with Crippen molar-refractivity contribution in [2.24, 2.45) is 5.92 Å². The van der Waals surface area contributed by atoms with Crippen LogP contribution in [-0.2, 0) is 6.18 Å². The molecule has 2 rings (SSSR count). The molecule has 1 nitrogen and oxygen atoms in total. The Balaban J connectivity index is 2.13. The SMILES string of the molecule is Cc1ccc(NC2CCCC(C)C2)cc1C(F)(F)F. The van der Waals surface area contributed by atoms with E-state index in [0.29, 0.717) is 17.6 Å². The minimum Gasteiger partial charge on any atom is -0.382 e. The Morgan fingerprint density at radius 2 is 1.95 bits per heavy atom. The Hall–Kier alpha value is -1.19. The largest absolute Gasteiger partial charge is 0.416 e. The summed E-state index contributed by atoms with van der Waals surface area (Å²) >= 11 is 0. The summed E-state index contributed by atoms with van der Waals surface area (Å²) in [6.07, 6.45) is 0.174. The molecule has 1 aliphatic carbocycles. The Morgan fingerprint density at radius 1 is 1.21 bits per heavy atom. The molecule has 19 heavy (non-hydrogen) atoms. The van der Waals surface area contributed by atoms with Gasteiger partial charge in [-0.2, -0.15) is 13.2 Å². The van der Waals surface area contributed by atoms with Gasteiger partial charge in [-0.05, 0) is 43.4 Å². The van der Waals surface area contributed by atoms with Crippen LogP contribution in [0, 0.1) is 12.8 Å². The molecular weight excluding hydrogens is 251 g/mol. The fourth-order valence-electron chi connectivity index (χ4n) is 2.82. The van der Waals surface area contributed by atoms with Crippen molar-refractivity contribution in [2.45, 2.75) is 51.7 Å². The summed E-state index contributed by atoms with van der Waals surface area (Å²) in [7, 11) is 0. The Bertz CT molecular complexity index is 440. The smallest absolute Gasteiger partial charge is 0.382 e. The number of rotatable bonds is 2. The van der Waals surface area contributed by atoms with E-state index < -0.39 is 11.7 Å². The zero-order chi connectivity index (χ0) is 14.0. The predicted octanol–water partition coefficient (Wildman–Crippen LogP) is 5.00. The molecule has 1 N–H and O–H groups in total. The highest BCUT2D eigenvalue weighted by Crippen LogP contribution is 2.34. The molecule has 106 valence electrons. The van der Waals surface area contributed by atoms with Crippen molar-refractivity contribution in [1.29, 1.82) is 0 Å². The molecule has 0 radical (unpaired) electrons. The first-order chi connectivity index (χ1) is 8.86. The van der Waals surface area contributed by atoms with Gasteiger partial charge in [-0.15, -0.1) is 0 Å². The highest BCUT2D eigenvalue weighted by atomic mass is 19.4. The van der Waals surface area contributed by atoms with E-state index in [9.17, 15) is 13.2 Å². The summed E-state index contributed by atoms with van der Waals surface area (Å²) in [6.45, 7) is 3.69. The van der Waals surface area contributed by atoms with E-state index in [1.165, 1.54) is 25.5 Å². The second kappa shape index (κ2) is 5.43. The van der Waals surface area contributed by atoms with Gasteiger partial charge in [0.25, 0.3) is 0 Å². The van der Waals surface area contributed by atoms with Crippen LogP contribution in [0.2, 0.25) is 0 Å². The molecule has 2 atom stereocenters. The first kappa shape index (κ1) is 14.2. The second-order valence-electron chi connectivity index (χ2n) is 5.64. The number of hydrogen-bond acceptors (Lipinski definition) is 1. The van der Waals surface area contributed by atoms with Gasteiger partial charge in [0.2, 0.25) is 0 Å². The van der Waals surface area contributed by atoms with Crippen LogP contribution >= 0.6 is 0 Å². The van der Waals surface area contributed by atoms with Crippen molar-refractivity contribution < 1.29 is 13.2 Å². The molecule has 0 heterocycles. The third-order valence-electron chi connectivity index (χ3n) is 3.85. The van der Waals surface area contributed by atoms with Gasteiger partial charge in [0.05, 0.1) is 5.56 Å². The maximum atomic E-state index is 12.8. The van der Waals surface area contributed by atoms with E-state index in [1.54, 1.807) is 6.07 Å². The van der Waals surface area contributed by atoms with Gasteiger partial charge in [-0.1, -0.05) is 25.8 Å². The molecule has 0 saturated heterocycles. The first-order valence-electron chi connectivity index (χ1n) is 6.80. The maximum absolute atomic E-state index is 12.8. The number of benzene rings is 1. The quantitative estimate of drug-likeness (QED) is 0.797. The van der Waals surface area contributed by atoms with E-state index in [2.05, 4.69) is 12.2 Å². The van der Waals surface area contributed by atoms with Gasteiger partial charge in [0.15, 0.2) is 0 Å². The second-order valence-corrected chi connectivity index (χ2v) is 5.64. The number of hydrogen-bond donors (Lipinski definition) is 1. The summed E-state index contributed by atoms with van der Waals surface area (Å²) < 4.78 is 38.5. The lowest BCUT2D eigenvalue weighted by Crippen LogP contribution is -2.26. The molecular formula is C15H20F3N. The van der Waals surface area contributed by atoms with Gasteiger partial charge >= 0.3 is 6.18 Å². The van der Waals surface area contributed by atoms with Crippen molar-refractivity contribution in [1.82, 2.24) is 0 Å². The van der Waals surface area contributed by atoms with E-state index in [0.717, 1.165) is 19.3 Å². The van der Waals surface area contributed by atoms with Gasteiger partial charge in [-0.25, -0.2) is 0 Å². The lowest BCUT2D eigenvalue weighted by molar-refractivity contribution is -0.138. The lowest BCUT2D eigenvalue weighted by Gasteiger charge is -2.28. The zero-order valence-electron chi connectivity index (χ0n) is 11.3. The van der Waals surface area contributed by atoms with Crippen LogP contribution < -0.4 is 5.32 Å². The Kier molecular flexibility index (Phi) is 4.07. The lowest BCUT2D eigenvalue weighted by atomic mass is 9.87. The molecule has 1 saturated carbocycles. The van der Waals surface area contributed by atoms with Gasteiger partial charge in [-0.3, -0.25) is 0 Å². The molecule has 0 aliphatic heterocycles. The highest BCUT2D eigenvalue weighted by Gasteiger charge is 2.32. The van der Waals surface area contributed by atoms with E-state index in [4.69, 9.17) is 0 Å². The van der Waals surface area contributed by atoms with Crippen LogP contribution in [0.1, 0.15) is 43.7 Å². The molecule has 0 bridgehead atoms. The number of alkyl halides is 3. The third kappa shape index (κ3) is 3.64. The molecule has 0 aromatic heterocycles. The average Bonchev–Trinajstić information content (AvgIpc) is 2.30. The fourth-order valence-corrected chi connectivity index (χ4v) is 2.82. The molecule has 4 heteroatoms. The minimum absolute atomic E-state index is 0.273. The first-order valence-corrected chi connectivity index (χ1v) is 6.80. The van der Waals surface area contributed by atoms with Crippen LogP contribution in [0.15, 0.2) is 18.2 Å². The maximum Gasteiger partial charge on any atom is 0.416 e. The number of anilines is 1. The summed E-state index contributed by atoms with van der Waals surface area (Å²) in [5.41, 5.74) is 0.313. The molecule has 0 amide bonds.